The van der Waals surface area contributed by atoms with Crippen molar-refractivity contribution in [2.75, 3.05) is 6.61 Å². The Hall–Kier alpha value is -3.06. The lowest BCUT2D eigenvalue weighted by Crippen LogP contribution is -2.11. The van der Waals surface area contributed by atoms with Gasteiger partial charge in [-0.2, -0.15) is 0 Å². The standard InChI is InChI=1S/C30H32O/c1-3-5-12-23(4-2)22-31-30-20-19-26(21-29(30)25-13-7-6-8-14-25)28-18-11-16-24-15-9-10-17-27(24)28/h6-11,13-21,23H,3-5,12,22H2,1-2H3. The summed E-state index contributed by atoms with van der Waals surface area (Å²) in [5.74, 6) is 1.59. The first-order chi connectivity index (χ1) is 15.3. The molecule has 1 nitrogen and oxygen atoms in total. The second kappa shape index (κ2) is 10.3. The van der Waals surface area contributed by atoms with Gasteiger partial charge in [0.15, 0.2) is 0 Å². The summed E-state index contributed by atoms with van der Waals surface area (Å²) in [4.78, 5) is 0. The molecule has 0 saturated carbocycles. The highest BCUT2D eigenvalue weighted by Gasteiger charge is 2.13. The summed E-state index contributed by atoms with van der Waals surface area (Å²) in [6.45, 7) is 5.31. The quantitative estimate of drug-likeness (QED) is 0.269. The van der Waals surface area contributed by atoms with Crippen LogP contribution < -0.4 is 4.74 Å². The molecule has 4 aromatic carbocycles. The van der Waals surface area contributed by atoms with Crippen molar-refractivity contribution in [2.24, 2.45) is 5.92 Å². The van der Waals surface area contributed by atoms with Gasteiger partial charge in [0.1, 0.15) is 5.75 Å². The molecule has 1 heteroatoms. The average molecular weight is 409 g/mol. The molecule has 1 unspecified atom stereocenters. The molecular weight excluding hydrogens is 376 g/mol. The first-order valence-corrected chi connectivity index (χ1v) is 11.6. The Morgan fingerprint density at radius 3 is 2.29 bits per heavy atom. The van der Waals surface area contributed by atoms with E-state index in [9.17, 15) is 0 Å². The number of ether oxygens (including phenoxy) is 1. The third-order valence-electron chi connectivity index (χ3n) is 6.18. The van der Waals surface area contributed by atoms with E-state index in [0.29, 0.717) is 5.92 Å². The first kappa shape index (κ1) is 21.2. The highest BCUT2D eigenvalue weighted by Crippen LogP contribution is 2.37. The molecule has 4 aromatic rings. The smallest absolute Gasteiger partial charge is 0.127 e. The molecule has 0 spiro atoms. The van der Waals surface area contributed by atoms with E-state index < -0.39 is 0 Å². The number of fused-ring (bicyclic) bond motifs is 1. The molecule has 31 heavy (non-hydrogen) atoms. The van der Waals surface area contributed by atoms with Crippen LogP contribution in [0.3, 0.4) is 0 Å². The molecule has 0 aliphatic heterocycles. The summed E-state index contributed by atoms with van der Waals surface area (Å²) in [7, 11) is 0. The van der Waals surface area contributed by atoms with Gasteiger partial charge < -0.3 is 4.74 Å². The summed E-state index contributed by atoms with van der Waals surface area (Å²) >= 11 is 0. The zero-order valence-electron chi connectivity index (χ0n) is 18.7. The zero-order chi connectivity index (χ0) is 21.5. The van der Waals surface area contributed by atoms with Gasteiger partial charge in [-0.3, -0.25) is 0 Å². The van der Waals surface area contributed by atoms with Crippen LogP contribution in [-0.2, 0) is 0 Å². The Labute approximate surface area is 186 Å². The lowest BCUT2D eigenvalue weighted by atomic mass is 9.94. The van der Waals surface area contributed by atoms with Gasteiger partial charge in [0, 0.05) is 5.56 Å². The molecule has 0 aliphatic carbocycles. The molecule has 0 amide bonds. The summed E-state index contributed by atoms with van der Waals surface area (Å²) in [5.41, 5.74) is 4.84. The van der Waals surface area contributed by atoms with E-state index in [1.54, 1.807) is 0 Å². The van der Waals surface area contributed by atoms with Crippen molar-refractivity contribution in [2.45, 2.75) is 39.5 Å². The van der Waals surface area contributed by atoms with Gasteiger partial charge in [-0.25, -0.2) is 0 Å². The van der Waals surface area contributed by atoms with Crippen LogP contribution in [0.4, 0.5) is 0 Å². The number of benzene rings is 4. The summed E-state index contributed by atoms with van der Waals surface area (Å²) < 4.78 is 6.42. The number of rotatable bonds is 9. The molecule has 0 N–H and O–H groups in total. The topological polar surface area (TPSA) is 9.23 Å². The van der Waals surface area contributed by atoms with E-state index in [-0.39, 0.29) is 0 Å². The van der Waals surface area contributed by atoms with Gasteiger partial charge in [-0.15, -0.1) is 0 Å². The molecule has 1 atom stereocenters. The third-order valence-corrected chi connectivity index (χ3v) is 6.18. The SMILES string of the molecule is CCCCC(CC)COc1ccc(-c2cccc3ccccc23)cc1-c1ccccc1. The fraction of sp³-hybridized carbons (Fsp3) is 0.267. The van der Waals surface area contributed by atoms with Gasteiger partial charge in [0.05, 0.1) is 6.61 Å². The van der Waals surface area contributed by atoms with Crippen molar-refractivity contribution in [3.05, 3.63) is 91.0 Å². The van der Waals surface area contributed by atoms with Gasteiger partial charge >= 0.3 is 0 Å². The van der Waals surface area contributed by atoms with E-state index in [4.69, 9.17) is 4.74 Å². The van der Waals surface area contributed by atoms with Crippen LogP contribution in [0.25, 0.3) is 33.0 Å². The van der Waals surface area contributed by atoms with Crippen molar-refractivity contribution in [1.82, 2.24) is 0 Å². The molecule has 158 valence electrons. The Morgan fingerprint density at radius 1 is 0.710 bits per heavy atom. The minimum atomic E-state index is 0.612. The van der Waals surface area contributed by atoms with Crippen LogP contribution in [0.15, 0.2) is 91.0 Å². The van der Waals surface area contributed by atoms with Crippen molar-refractivity contribution >= 4 is 10.8 Å². The molecule has 4 rings (SSSR count). The highest BCUT2D eigenvalue weighted by atomic mass is 16.5. The van der Waals surface area contributed by atoms with Crippen LogP contribution >= 0.6 is 0 Å². The number of hydrogen-bond acceptors (Lipinski definition) is 1. The summed E-state index contributed by atoms with van der Waals surface area (Å²) in [5, 5.41) is 2.55. The molecule has 0 aliphatic rings. The van der Waals surface area contributed by atoms with Gasteiger partial charge in [-0.05, 0) is 51.9 Å². The largest absolute Gasteiger partial charge is 0.493 e. The lowest BCUT2D eigenvalue weighted by molar-refractivity contribution is 0.234. The van der Waals surface area contributed by atoms with E-state index in [0.717, 1.165) is 24.3 Å². The second-order valence-electron chi connectivity index (χ2n) is 8.33. The molecule has 0 heterocycles. The van der Waals surface area contributed by atoms with Crippen LogP contribution in [0.5, 0.6) is 5.75 Å². The Kier molecular flexibility index (Phi) is 7.04. The van der Waals surface area contributed by atoms with E-state index >= 15 is 0 Å². The van der Waals surface area contributed by atoms with Crippen molar-refractivity contribution in [3.63, 3.8) is 0 Å². The fourth-order valence-electron chi connectivity index (χ4n) is 4.25. The predicted molar refractivity (Wildman–Crippen MR) is 134 cm³/mol. The summed E-state index contributed by atoms with van der Waals surface area (Å²) in [6.07, 6.45) is 4.91. The number of hydrogen-bond donors (Lipinski definition) is 0. The molecular formula is C30H32O. The lowest BCUT2D eigenvalue weighted by Gasteiger charge is -2.19. The minimum Gasteiger partial charge on any atom is -0.493 e. The zero-order valence-corrected chi connectivity index (χ0v) is 18.7. The maximum Gasteiger partial charge on any atom is 0.127 e. The third kappa shape index (κ3) is 4.99. The molecule has 0 radical (unpaired) electrons. The van der Waals surface area contributed by atoms with Gasteiger partial charge in [-0.1, -0.05) is 112 Å². The maximum absolute atomic E-state index is 6.42. The normalized spacial score (nSPS) is 12.1. The van der Waals surface area contributed by atoms with Gasteiger partial charge in [0.25, 0.3) is 0 Å². The molecule has 0 aromatic heterocycles. The average Bonchev–Trinajstić information content (AvgIpc) is 2.84. The predicted octanol–water partition coefficient (Wildman–Crippen LogP) is 8.77. The monoisotopic (exact) mass is 408 g/mol. The maximum atomic E-state index is 6.42. The fourth-order valence-corrected chi connectivity index (χ4v) is 4.25. The second-order valence-corrected chi connectivity index (χ2v) is 8.33. The Bertz CT molecular complexity index is 1110. The molecule has 0 fully saturated rings. The van der Waals surface area contributed by atoms with E-state index in [2.05, 4.69) is 105 Å². The number of unbranched alkanes of at least 4 members (excludes halogenated alkanes) is 1. The highest BCUT2D eigenvalue weighted by molar-refractivity contribution is 5.97. The van der Waals surface area contributed by atoms with Crippen molar-refractivity contribution in [1.29, 1.82) is 0 Å². The first-order valence-electron chi connectivity index (χ1n) is 11.6. The van der Waals surface area contributed by atoms with E-state index in [1.165, 1.54) is 46.7 Å². The van der Waals surface area contributed by atoms with Crippen molar-refractivity contribution < 1.29 is 4.74 Å². The van der Waals surface area contributed by atoms with Crippen molar-refractivity contribution in [3.8, 4) is 28.0 Å². The minimum absolute atomic E-state index is 0.612. The van der Waals surface area contributed by atoms with Crippen LogP contribution in [0.1, 0.15) is 39.5 Å². The molecule has 0 bridgehead atoms. The van der Waals surface area contributed by atoms with Crippen LogP contribution in [0.2, 0.25) is 0 Å². The summed E-state index contributed by atoms with van der Waals surface area (Å²) in [6, 6.07) is 32.4. The van der Waals surface area contributed by atoms with Gasteiger partial charge in [0.2, 0.25) is 0 Å². The molecule has 0 saturated heterocycles. The van der Waals surface area contributed by atoms with E-state index in [1.807, 2.05) is 0 Å². The van der Waals surface area contributed by atoms with Crippen LogP contribution in [-0.4, -0.2) is 6.61 Å². The Balaban J connectivity index is 1.72. The Morgan fingerprint density at radius 2 is 1.48 bits per heavy atom. The van der Waals surface area contributed by atoms with Crippen LogP contribution in [0, 0.1) is 5.92 Å².